The number of hydrogen-bond acceptors (Lipinski definition) is 5. The average molecular weight is 419 g/mol. The lowest BCUT2D eigenvalue weighted by Gasteiger charge is -2.31. The van der Waals surface area contributed by atoms with Gasteiger partial charge in [0.25, 0.3) is 0 Å². The molecule has 0 aromatic heterocycles. The van der Waals surface area contributed by atoms with Crippen molar-refractivity contribution in [3.63, 3.8) is 0 Å². The zero-order valence-electron chi connectivity index (χ0n) is 15.5. The van der Waals surface area contributed by atoms with Crippen molar-refractivity contribution in [1.82, 2.24) is 10.6 Å². The summed E-state index contributed by atoms with van der Waals surface area (Å²) < 4.78 is 15.9. The Balaban J connectivity index is 2.24. The molecular formula is C20H19ClN2O4S. The number of esters is 1. The average Bonchev–Trinajstić information content (AvgIpc) is 2.72. The third-order valence-corrected chi connectivity index (χ3v) is 4.83. The highest BCUT2D eigenvalue weighted by atomic mass is 35.5. The van der Waals surface area contributed by atoms with Gasteiger partial charge in [0.05, 0.1) is 38.6 Å². The van der Waals surface area contributed by atoms with E-state index in [9.17, 15) is 4.79 Å². The van der Waals surface area contributed by atoms with E-state index >= 15 is 0 Å². The van der Waals surface area contributed by atoms with Crippen molar-refractivity contribution in [2.75, 3.05) is 21.3 Å². The minimum Gasteiger partial charge on any atom is -0.497 e. The fraction of sp³-hybridized carbons (Fsp3) is 0.200. The lowest BCUT2D eigenvalue weighted by Crippen LogP contribution is -2.45. The number of benzene rings is 2. The Kier molecular flexibility index (Phi) is 6.06. The molecule has 2 aromatic rings. The maximum Gasteiger partial charge on any atom is 0.338 e. The normalized spacial score (nSPS) is 16.1. The van der Waals surface area contributed by atoms with E-state index in [2.05, 4.69) is 10.6 Å². The molecule has 8 heteroatoms. The van der Waals surface area contributed by atoms with Crippen molar-refractivity contribution in [3.05, 3.63) is 64.2 Å². The molecule has 3 rings (SSSR count). The number of nitrogens with one attached hydrogen (secondary N) is 2. The van der Waals surface area contributed by atoms with E-state index in [0.29, 0.717) is 38.5 Å². The number of hydrogen-bond donors (Lipinski definition) is 2. The fourth-order valence-corrected chi connectivity index (χ4v) is 3.38. The Bertz CT molecular complexity index is 944. The van der Waals surface area contributed by atoms with Crippen LogP contribution in [0.25, 0.3) is 5.70 Å². The molecule has 1 atom stereocenters. The molecule has 0 radical (unpaired) electrons. The molecule has 146 valence electrons. The first-order valence-electron chi connectivity index (χ1n) is 8.36. The summed E-state index contributed by atoms with van der Waals surface area (Å²) in [6.07, 6.45) is 0. The zero-order chi connectivity index (χ0) is 20.3. The van der Waals surface area contributed by atoms with Crippen molar-refractivity contribution in [2.45, 2.75) is 6.04 Å². The van der Waals surface area contributed by atoms with Crippen molar-refractivity contribution >= 4 is 40.6 Å². The van der Waals surface area contributed by atoms with E-state index in [0.717, 1.165) is 5.56 Å². The number of ether oxygens (including phenoxy) is 3. The van der Waals surface area contributed by atoms with Gasteiger partial charge in [-0.3, -0.25) is 0 Å². The van der Waals surface area contributed by atoms with Crippen molar-refractivity contribution in [2.24, 2.45) is 0 Å². The van der Waals surface area contributed by atoms with Gasteiger partial charge in [-0.15, -0.1) is 0 Å². The van der Waals surface area contributed by atoms with Crippen LogP contribution in [0.4, 0.5) is 0 Å². The van der Waals surface area contributed by atoms with E-state index in [1.54, 1.807) is 56.7 Å². The van der Waals surface area contributed by atoms with E-state index in [4.69, 9.17) is 38.0 Å². The van der Waals surface area contributed by atoms with Crippen LogP contribution in [0.3, 0.4) is 0 Å². The molecule has 1 aliphatic rings. The van der Waals surface area contributed by atoms with Crippen molar-refractivity contribution in [1.29, 1.82) is 0 Å². The number of methoxy groups -OCH3 is 3. The minimum absolute atomic E-state index is 0.366. The number of carbonyl (C=O) groups excluding carboxylic acids is 1. The lowest BCUT2D eigenvalue weighted by atomic mass is 9.92. The fourth-order valence-electron chi connectivity index (χ4n) is 3.04. The summed E-state index contributed by atoms with van der Waals surface area (Å²) in [5.74, 6) is 0.710. The molecule has 0 saturated carbocycles. The van der Waals surface area contributed by atoms with Gasteiger partial charge in [-0.1, -0.05) is 23.7 Å². The van der Waals surface area contributed by atoms with E-state index in [-0.39, 0.29) is 0 Å². The zero-order valence-corrected chi connectivity index (χ0v) is 17.1. The quantitative estimate of drug-likeness (QED) is 0.569. The van der Waals surface area contributed by atoms with Gasteiger partial charge >= 0.3 is 5.97 Å². The van der Waals surface area contributed by atoms with Crippen molar-refractivity contribution < 1.29 is 19.0 Å². The van der Waals surface area contributed by atoms with Crippen LogP contribution in [0.5, 0.6) is 11.5 Å². The first-order chi connectivity index (χ1) is 13.5. The SMILES string of the molecule is COC(=O)C1=C(c2ccc(Cl)cc2)NC(=S)N[C@H]1c1cc(OC)ccc1OC. The van der Waals surface area contributed by atoms with Gasteiger partial charge in [-0.05, 0) is 48.1 Å². The minimum atomic E-state index is -0.600. The third-order valence-electron chi connectivity index (χ3n) is 4.36. The largest absolute Gasteiger partial charge is 0.497 e. The molecule has 0 aliphatic carbocycles. The second-order valence-electron chi connectivity index (χ2n) is 5.93. The van der Waals surface area contributed by atoms with Gasteiger partial charge in [0.1, 0.15) is 11.5 Å². The lowest BCUT2D eigenvalue weighted by molar-refractivity contribution is -0.136. The van der Waals surface area contributed by atoms with Gasteiger partial charge in [0.15, 0.2) is 5.11 Å². The number of thiocarbonyl (C=S) groups is 1. The predicted octanol–water partition coefficient (Wildman–Crippen LogP) is 3.46. The third kappa shape index (κ3) is 3.90. The van der Waals surface area contributed by atoms with Gasteiger partial charge in [0.2, 0.25) is 0 Å². The topological polar surface area (TPSA) is 68.8 Å². The Morgan fingerprint density at radius 2 is 1.79 bits per heavy atom. The number of carbonyl (C=O) groups is 1. The molecule has 0 fully saturated rings. The Morgan fingerprint density at radius 1 is 1.07 bits per heavy atom. The molecule has 1 aliphatic heterocycles. The maximum atomic E-state index is 12.8. The first kappa shape index (κ1) is 20.0. The molecule has 0 unspecified atom stereocenters. The van der Waals surface area contributed by atoms with Crippen LogP contribution >= 0.6 is 23.8 Å². The summed E-state index contributed by atoms with van der Waals surface area (Å²) in [4.78, 5) is 12.8. The second-order valence-corrected chi connectivity index (χ2v) is 6.77. The van der Waals surface area contributed by atoms with Crippen LogP contribution in [-0.2, 0) is 9.53 Å². The first-order valence-corrected chi connectivity index (χ1v) is 9.15. The molecule has 1 heterocycles. The summed E-state index contributed by atoms with van der Waals surface area (Å²) in [6.45, 7) is 0. The predicted molar refractivity (Wildman–Crippen MR) is 112 cm³/mol. The molecular weight excluding hydrogens is 400 g/mol. The van der Waals surface area contributed by atoms with E-state index < -0.39 is 12.0 Å². The molecule has 0 spiro atoms. The summed E-state index contributed by atoms with van der Waals surface area (Å²) in [5, 5.41) is 7.16. The molecule has 2 N–H and O–H groups in total. The summed E-state index contributed by atoms with van der Waals surface area (Å²) in [6, 6.07) is 11.9. The summed E-state index contributed by atoms with van der Waals surface area (Å²) >= 11 is 11.4. The smallest absolute Gasteiger partial charge is 0.338 e. The summed E-state index contributed by atoms with van der Waals surface area (Å²) in [7, 11) is 4.47. The standard InChI is InChI=1S/C20H19ClN2O4S/c1-25-13-8-9-15(26-2)14(10-13)18-16(19(24)27-3)17(22-20(28)23-18)11-4-6-12(21)7-5-11/h4-10,18H,1-3H3,(H2,22,23,28)/t18-/m0/s1. The molecule has 6 nitrogen and oxygen atoms in total. The number of halogens is 1. The van der Waals surface area contributed by atoms with Gasteiger partial charge in [-0.2, -0.15) is 0 Å². The Morgan fingerprint density at radius 3 is 2.39 bits per heavy atom. The van der Waals surface area contributed by atoms with Gasteiger partial charge < -0.3 is 24.8 Å². The van der Waals surface area contributed by atoms with Crippen LogP contribution < -0.4 is 20.1 Å². The monoisotopic (exact) mass is 418 g/mol. The molecule has 2 aromatic carbocycles. The number of rotatable bonds is 5. The highest BCUT2D eigenvalue weighted by Crippen LogP contribution is 2.38. The maximum absolute atomic E-state index is 12.8. The van der Waals surface area contributed by atoms with Crippen LogP contribution in [0.1, 0.15) is 17.2 Å². The van der Waals surface area contributed by atoms with E-state index in [1.165, 1.54) is 7.11 Å². The van der Waals surface area contributed by atoms with Crippen LogP contribution in [-0.4, -0.2) is 32.4 Å². The molecule has 0 amide bonds. The molecule has 0 bridgehead atoms. The van der Waals surface area contributed by atoms with Crippen LogP contribution in [0.2, 0.25) is 5.02 Å². The van der Waals surface area contributed by atoms with Gasteiger partial charge in [-0.25, -0.2) is 4.79 Å². The molecule has 0 saturated heterocycles. The van der Waals surface area contributed by atoms with Crippen LogP contribution in [0.15, 0.2) is 48.0 Å². The van der Waals surface area contributed by atoms with Crippen molar-refractivity contribution in [3.8, 4) is 11.5 Å². The van der Waals surface area contributed by atoms with Gasteiger partial charge in [0, 0.05) is 10.6 Å². The Labute approximate surface area is 173 Å². The van der Waals surface area contributed by atoms with E-state index in [1.807, 2.05) is 0 Å². The molecule has 28 heavy (non-hydrogen) atoms. The van der Waals surface area contributed by atoms with Crippen LogP contribution in [0, 0.1) is 0 Å². The highest BCUT2D eigenvalue weighted by molar-refractivity contribution is 7.80. The second kappa shape index (κ2) is 8.50. The Hall–Kier alpha value is -2.77. The summed E-state index contributed by atoms with van der Waals surface area (Å²) in [5.41, 5.74) is 2.35. The highest BCUT2D eigenvalue weighted by Gasteiger charge is 2.34.